The largest absolute Gasteiger partial charge is 0.460 e. The molecular formula is C12H17N3O2. The molecule has 0 saturated carbocycles. The van der Waals surface area contributed by atoms with E-state index in [4.69, 9.17) is 9.47 Å². The Morgan fingerprint density at radius 3 is 2.47 bits per heavy atom. The highest BCUT2D eigenvalue weighted by molar-refractivity contribution is 5.15. The highest BCUT2D eigenvalue weighted by Crippen LogP contribution is 2.23. The van der Waals surface area contributed by atoms with Gasteiger partial charge in [0.25, 0.3) is 0 Å². The number of piperidine rings is 1. The van der Waals surface area contributed by atoms with Crippen molar-refractivity contribution in [3.63, 3.8) is 0 Å². The molecule has 0 atom stereocenters. The molecule has 17 heavy (non-hydrogen) atoms. The van der Waals surface area contributed by atoms with Crippen LogP contribution in [-0.4, -0.2) is 42.4 Å². The van der Waals surface area contributed by atoms with Gasteiger partial charge in [-0.15, -0.1) is 0 Å². The maximum atomic E-state index is 5.75. The summed E-state index contributed by atoms with van der Waals surface area (Å²) in [5, 5.41) is 3.31. The van der Waals surface area contributed by atoms with Crippen LogP contribution in [0.4, 0.5) is 0 Å². The first-order chi connectivity index (χ1) is 8.42. The summed E-state index contributed by atoms with van der Waals surface area (Å²) >= 11 is 0. The molecule has 5 heteroatoms. The maximum absolute atomic E-state index is 5.75. The first-order valence-electron chi connectivity index (χ1n) is 6.19. The molecule has 0 amide bonds. The molecule has 5 nitrogen and oxygen atoms in total. The molecule has 92 valence electrons. The van der Waals surface area contributed by atoms with Gasteiger partial charge in [0.15, 0.2) is 0 Å². The van der Waals surface area contributed by atoms with E-state index in [0.29, 0.717) is 11.9 Å². The first kappa shape index (κ1) is 10.9. The van der Waals surface area contributed by atoms with Crippen LogP contribution in [-0.2, 0) is 4.74 Å². The Morgan fingerprint density at radius 1 is 1.18 bits per heavy atom. The van der Waals surface area contributed by atoms with E-state index in [9.17, 15) is 0 Å². The zero-order valence-electron chi connectivity index (χ0n) is 9.76. The third-order valence-electron chi connectivity index (χ3n) is 3.32. The van der Waals surface area contributed by atoms with Gasteiger partial charge in [-0.1, -0.05) is 0 Å². The molecular weight excluding hydrogens is 218 g/mol. The smallest absolute Gasteiger partial charge is 0.316 e. The highest BCUT2D eigenvalue weighted by atomic mass is 16.5. The van der Waals surface area contributed by atoms with E-state index in [1.54, 1.807) is 0 Å². The van der Waals surface area contributed by atoms with Crippen LogP contribution >= 0.6 is 0 Å². The minimum Gasteiger partial charge on any atom is -0.460 e. The Morgan fingerprint density at radius 2 is 1.88 bits per heavy atom. The highest BCUT2D eigenvalue weighted by Gasteiger charge is 2.21. The van der Waals surface area contributed by atoms with Crippen LogP contribution in [0.1, 0.15) is 24.3 Å². The molecule has 0 bridgehead atoms. The Balaban J connectivity index is 1.59. The average molecular weight is 235 g/mol. The van der Waals surface area contributed by atoms with Crippen molar-refractivity contribution in [1.82, 2.24) is 15.3 Å². The second kappa shape index (κ2) is 4.98. The van der Waals surface area contributed by atoms with Crippen molar-refractivity contribution in [2.24, 2.45) is 0 Å². The molecule has 0 aromatic carbocycles. The lowest BCUT2D eigenvalue weighted by Crippen LogP contribution is -2.34. The molecule has 0 spiro atoms. The van der Waals surface area contributed by atoms with E-state index in [-0.39, 0.29) is 6.10 Å². The number of hydrogen-bond donors (Lipinski definition) is 1. The quantitative estimate of drug-likeness (QED) is 0.836. The molecule has 1 aromatic heterocycles. The Bertz CT molecular complexity index is 359. The van der Waals surface area contributed by atoms with Crippen LogP contribution in [0.25, 0.3) is 0 Å². The Hall–Kier alpha value is -1.20. The van der Waals surface area contributed by atoms with Gasteiger partial charge in [-0.25, -0.2) is 9.97 Å². The molecule has 3 rings (SSSR count). The van der Waals surface area contributed by atoms with Gasteiger partial charge < -0.3 is 14.8 Å². The van der Waals surface area contributed by atoms with E-state index in [1.165, 1.54) is 0 Å². The molecule has 0 aliphatic carbocycles. The summed E-state index contributed by atoms with van der Waals surface area (Å²) in [4.78, 5) is 8.53. The molecule has 3 heterocycles. The van der Waals surface area contributed by atoms with E-state index in [1.807, 2.05) is 12.4 Å². The Kier molecular flexibility index (Phi) is 3.20. The lowest BCUT2D eigenvalue weighted by Gasteiger charge is -2.26. The summed E-state index contributed by atoms with van der Waals surface area (Å²) in [5.74, 6) is 0.475. The van der Waals surface area contributed by atoms with Gasteiger partial charge in [0.1, 0.15) is 6.10 Å². The molecule has 2 aliphatic rings. The van der Waals surface area contributed by atoms with Crippen molar-refractivity contribution in [2.45, 2.75) is 24.9 Å². The average Bonchev–Trinajstić information content (AvgIpc) is 2.31. The Labute approximate surface area is 101 Å². The number of nitrogens with zero attached hydrogens (tertiary/aromatic N) is 2. The minimum absolute atomic E-state index is 0.258. The molecule has 2 fully saturated rings. The molecule has 2 aliphatic heterocycles. The standard InChI is InChI=1S/C12H17N3O2/c1-3-13-4-2-11(1)17-12-14-5-9(6-15-12)10-7-16-8-10/h5-6,10-11,13H,1-4,7-8H2. The summed E-state index contributed by atoms with van der Waals surface area (Å²) < 4.78 is 10.9. The zero-order valence-corrected chi connectivity index (χ0v) is 9.76. The fourth-order valence-corrected chi connectivity index (χ4v) is 2.09. The van der Waals surface area contributed by atoms with Crippen LogP contribution < -0.4 is 10.1 Å². The zero-order chi connectivity index (χ0) is 11.5. The molecule has 1 N–H and O–H groups in total. The lowest BCUT2D eigenvalue weighted by molar-refractivity contribution is 0.00803. The van der Waals surface area contributed by atoms with E-state index in [2.05, 4.69) is 15.3 Å². The maximum Gasteiger partial charge on any atom is 0.316 e. The SMILES string of the molecule is c1nc(OC2CCNCC2)ncc1C1COC1. The predicted molar refractivity (Wildman–Crippen MR) is 62.1 cm³/mol. The van der Waals surface area contributed by atoms with Crippen LogP contribution in [0.15, 0.2) is 12.4 Å². The molecule has 0 unspecified atom stereocenters. The number of aromatic nitrogens is 2. The van der Waals surface area contributed by atoms with E-state index in [0.717, 1.165) is 44.7 Å². The molecule has 2 saturated heterocycles. The van der Waals surface area contributed by atoms with Crippen LogP contribution in [0, 0.1) is 0 Å². The number of rotatable bonds is 3. The van der Waals surface area contributed by atoms with E-state index >= 15 is 0 Å². The van der Waals surface area contributed by atoms with Gasteiger partial charge in [0.2, 0.25) is 0 Å². The first-order valence-corrected chi connectivity index (χ1v) is 6.19. The van der Waals surface area contributed by atoms with Crippen molar-refractivity contribution < 1.29 is 9.47 Å². The minimum atomic E-state index is 0.258. The van der Waals surface area contributed by atoms with Crippen molar-refractivity contribution in [3.05, 3.63) is 18.0 Å². The second-order valence-corrected chi connectivity index (χ2v) is 4.60. The van der Waals surface area contributed by atoms with Crippen LogP contribution in [0.3, 0.4) is 0 Å². The number of ether oxygens (including phenoxy) is 2. The summed E-state index contributed by atoms with van der Waals surface area (Å²) in [5.41, 5.74) is 1.15. The predicted octanol–water partition coefficient (Wildman–Crippen LogP) is 0.721. The summed E-state index contributed by atoms with van der Waals surface area (Å²) in [7, 11) is 0. The van der Waals surface area contributed by atoms with Gasteiger partial charge in [-0.05, 0) is 31.5 Å². The van der Waals surface area contributed by atoms with Gasteiger partial charge in [0.05, 0.1) is 13.2 Å². The van der Waals surface area contributed by atoms with Crippen molar-refractivity contribution in [1.29, 1.82) is 0 Å². The van der Waals surface area contributed by atoms with Gasteiger partial charge in [-0.2, -0.15) is 0 Å². The lowest BCUT2D eigenvalue weighted by atomic mass is 10.0. The number of nitrogens with one attached hydrogen (secondary N) is 1. The van der Waals surface area contributed by atoms with Crippen LogP contribution in [0.2, 0.25) is 0 Å². The van der Waals surface area contributed by atoms with Crippen molar-refractivity contribution in [3.8, 4) is 6.01 Å². The number of hydrogen-bond acceptors (Lipinski definition) is 5. The van der Waals surface area contributed by atoms with Gasteiger partial charge in [0, 0.05) is 18.3 Å². The van der Waals surface area contributed by atoms with Gasteiger partial charge >= 0.3 is 6.01 Å². The normalized spacial score (nSPS) is 22.1. The second-order valence-electron chi connectivity index (χ2n) is 4.60. The summed E-state index contributed by atoms with van der Waals surface area (Å²) in [6, 6.07) is 0.501. The topological polar surface area (TPSA) is 56.3 Å². The fourth-order valence-electron chi connectivity index (χ4n) is 2.09. The third kappa shape index (κ3) is 2.56. The molecule has 1 aromatic rings. The summed E-state index contributed by atoms with van der Waals surface area (Å²) in [6.45, 7) is 3.61. The molecule has 0 radical (unpaired) electrons. The summed E-state index contributed by atoms with van der Waals surface area (Å²) in [6.07, 6.45) is 6.03. The fraction of sp³-hybridized carbons (Fsp3) is 0.667. The van der Waals surface area contributed by atoms with Crippen molar-refractivity contribution in [2.75, 3.05) is 26.3 Å². The van der Waals surface area contributed by atoms with Crippen LogP contribution in [0.5, 0.6) is 6.01 Å². The van der Waals surface area contributed by atoms with Gasteiger partial charge in [-0.3, -0.25) is 0 Å². The van der Waals surface area contributed by atoms with Crippen molar-refractivity contribution >= 4 is 0 Å². The van der Waals surface area contributed by atoms with E-state index < -0.39 is 0 Å². The monoisotopic (exact) mass is 235 g/mol. The third-order valence-corrected chi connectivity index (χ3v) is 3.32.